The van der Waals surface area contributed by atoms with Gasteiger partial charge in [0, 0.05) is 44.6 Å². The minimum atomic E-state index is -3.89. The van der Waals surface area contributed by atoms with Gasteiger partial charge in [-0.2, -0.15) is 0 Å². The number of nitrogens with one attached hydrogen (secondary N) is 1. The molecule has 0 saturated carbocycles. The van der Waals surface area contributed by atoms with E-state index < -0.39 is 45.3 Å². The summed E-state index contributed by atoms with van der Waals surface area (Å²) in [4.78, 5) is 27.8. The zero-order valence-corrected chi connectivity index (χ0v) is 22.4. The van der Waals surface area contributed by atoms with Gasteiger partial charge in [-0.25, -0.2) is 21.6 Å². The van der Waals surface area contributed by atoms with Crippen molar-refractivity contribution in [2.24, 2.45) is 0 Å². The fourth-order valence-corrected chi connectivity index (χ4v) is 5.13. The van der Waals surface area contributed by atoms with Crippen molar-refractivity contribution in [2.45, 2.75) is 31.8 Å². The van der Waals surface area contributed by atoms with Gasteiger partial charge < -0.3 is 10.2 Å². The van der Waals surface area contributed by atoms with Crippen molar-refractivity contribution in [2.75, 3.05) is 24.2 Å². The summed E-state index contributed by atoms with van der Waals surface area (Å²) in [5, 5.41) is 2.57. The highest BCUT2D eigenvalue weighted by molar-refractivity contribution is 7.92. The molecule has 3 rings (SSSR count). The third-order valence-corrected chi connectivity index (χ3v) is 7.35. The van der Waals surface area contributed by atoms with Crippen LogP contribution in [0, 0.1) is 17.5 Å². The number of nitrogens with zero attached hydrogens (tertiary/aromatic N) is 2. The first-order valence-electron chi connectivity index (χ1n) is 12.2. The zero-order valence-electron chi connectivity index (χ0n) is 21.6. The molecule has 0 aliphatic carbocycles. The van der Waals surface area contributed by atoms with E-state index in [-0.39, 0.29) is 43.6 Å². The molecular weight excluding hydrogens is 531 g/mol. The van der Waals surface area contributed by atoms with Crippen molar-refractivity contribution < 1.29 is 31.2 Å². The van der Waals surface area contributed by atoms with Crippen molar-refractivity contribution in [1.29, 1.82) is 0 Å². The monoisotopic (exact) mass is 561 g/mol. The van der Waals surface area contributed by atoms with Crippen LogP contribution < -0.4 is 9.62 Å². The molecule has 1 atom stereocenters. The van der Waals surface area contributed by atoms with E-state index in [1.54, 1.807) is 18.2 Å². The molecule has 1 N–H and O–H groups in total. The van der Waals surface area contributed by atoms with E-state index in [9.17, 15) is 31.2 Å². The van der Waals surface area contributed by atoms with Crippen LogP contribution in [0.15, 0.2) is 72.8 Å². The summed E-state index contributed by atoms with van der Waals surface area (Å²) in [5.41, 5.74) is 0.922. The quantitative estimate of drug-likeness (QED) is 0.362. The normalized spacial score (nSPS) is 12.0. The molecule has 0 aliphatic rings. The molecule has 0 bridgehead atoms. The van der Waals surface area contributed by atoms with Gasteiger partial charge in [-0.15, -0.1) is 0 Å². The number of hydrogen-bond donors (Lipinski definition) is 1. The Hall–Kier alpha value is -3.86. The minimum absolute atomic E-state index is 0.00444. The van der Waals surface area contributed by atoms with Crippen LogP contribution in [0.25, 0.3) is 0 Å². The number of benzene rings is 3. The molecule has 39 heavy (non-hydrogen) atoms. The molecule has 0 aromatic heterocycles. The number of likely N-dealkylation sites (N-methyl/N-ethyl adjacent to an activating group) is 1. The Kier molecular flexibility index (Phi) is 10.1. The van der Waals surface area contributed by atoms with E-state index in [2.05, 4.69) is 5.32 Å². The summed E-state index contributed by atoms with van der Waals surface area (Å²) in [7, 11) is -2.45. The van der Waals surface area contributed by atoms with Gasteiger partial charge in [-0.05, 0) is 30.2 Å². The highest BCUT2D eigenvalue weighted by Gasteiger charge is 2.30. The summed E-state index contributed by atoms with van der Waals surface area (Å²) in [6, 6.07) is 16.7. The van der Waals surface area contributed by atoms with Crippen LogP contribution in [0.3, 0.4) is 0 Å². The van der Waals surface area contributed by atoms with Crippen LogP contribution in [-0.2, 0) is 32.6 Å². The van der Waals surface area contributed by atoms with Gasteiger partial charge in [0.05, 0.1) is 11.9 Å². The van der Waals surface area contributed by atoms with Crippen LogP contribution in [0.2, 0.25) is 0 Å². The van der Waals surface area contributed by atoms with Crippen molar-refractivity contribution in [3.05, 3.63) is 101 Å². The summed E-state index contributed by atoms with van der Waals surface area (Å²) < 4.78 is 67.3. The summed E-state index contributed by atoms with van der Waals surface area (Å²) in [5.74, 6) is -3.80. The van der Waals surface area contributed by atoms with Gasteiger partial charge in [-0.1, -0.05) is 48.5 Å². The van der Waals surface area contributed by atoms with Gasteiger partial charge in [0.1, 0.15) is 11.9 Å². The van der Waals surface area contributed by atoms with E-state index in [1.807, 2.05) is 18.2 Å². The number of sulfonamides is 1. The lowest BCUT2D eigenvalue weighted by Gasteiger charge is -2.31. The molecule has 0 saturated heterocycles. The SMILES string of the molecule is CNC(=O)[C@@H](Cc1ccccc1)N(Cc1ccccc1F)C(=O)CCCN(c1ccc(F)c(F)c1)S(C)(=O)=O. The number of carbonyl (C=O) groups is 2. The van der Waals surface area contributed by atoms with Crippen LogP contribution in [0.1, 0.15) is 24.0 Å². The van der Waals surface area contributed by atoms with Crippen LogP contribution in [0.4, 0.5) is 18.9 Å². The molecule has 0 radical (unpaired) electrons. The zero-order chi connectivity index (χ0) is 28.6. The number of halogens is 3. The second-order valence-corrected chi connectivity index (χ2v) is 10.9. The van der Waals surface area contributed by atoms with Gasteiger partial charge >= 0.3 is 0 Å². The Morgan fingerprint density at radius 1 is 0.897 bits per heavy atom. The average molecular weight is 562 g/mol. The number of hydrogen-bond acceptors (Lipinski definition) is 4. The predicted octanol–water partition coefficient (Wildman–Crippen LogP) is 4.04. The molecule has 3 aromatic rings. The molecule has 0 heterocycles. The fraction of sp³-hybridized carbons (Fsp3) is 0.286. The van der Waals surface area contributed by atoms with E-state index in [0.717, 1.165) is 34.3 Å². The van der Waals surface area contributed by atoms with Gasteiger partial charge in [0.25, 0.3) is 0 Å². The first-order chi connectivity index (χ1) is 18.5. The molecule has 0 fully saturated rings. The topological polar surface area (TPSA) is 86.8 Å². The molecule has 0 spiro atoms. The fourth-order valence-electron chi connectivity index (χ4n) is 4.17. The Morgan fingerprint density at radius 3 is 2.18 bits per heavy atom. The van der Waals surface area contributed by atoms with Gasteiger partial charge in [0.2, 0.25) is 21.8 Å². The van der Waals surface area contributed by atoms with Crippen molar-refractivity contribution >= 4 is 27.5 Å². The largest absolute Gasteiger partial charge is 0.357 e. The summed E-state index contributed by atoms with van der Waals surface area (Å²) in [6.45, 7) is -0.387. The van der Waals surface area contributed by atoms with Gasteiger partial charge in [-0.3, -0.25) is 13.9 Å². The molecule has 2 amide bonds. The number of carbonyl (C=O) groups excluding carboxylic acids is 2. The Labute approximate surface area is 226 Å². The lowest BCUT2D eigenvalue weighted by molar-refractivity contribution is -0.141. The lowest BCUT2D eigenvalue weighted by Crippen LogP contribution is -2.50. The number of rotatable bonds is 12. The maximum atomic E-state index is 14.6. The van der Waals surface area contributed by atoms with Gasteiger partial charge in [0.15, 0.2) is 11.6 Å². The molecule has 7 nitrogen and oxygen atoms in total. The minimum Gasteiger partial charge on any atom is -0.357 e. The third kappa shape index (κ3) is 8.06. The highest BCUT2D eigenvalue weighted by atomic mass is 32.2. The summed E-state index contributed by atoms with van der Waals surface area (Å²) in [6.07, 6.45) is 0.907. The summed E-state index contributed by atoms with van der Waals surface area (Å²) >= 11 is 0. The van der Waals surface area contributed by atoms with Crippen molar-refractivity contribution in [3.63, 3.8) is 0 Å². The van der Waals surface area contributed by atoms with E-state index in [4.69, 9.17) is 0 Å². The van der Waals surface area contributed by atoms with E-state index in [1.165, 1.54) is 30.1 Å². The van der Waals surface area contributed by atoms with E-state index >= 15 is 0 Å². The van der Waals surface area contributed by atoms with Crippen molar-refractivity contribution in [3.8, 4) is 0 Å². The van der Waals surface area contributed by atoms with Crippen molar-refractivity contribution in [1.82, 2.24) is 10.2 Å². The second kappa shape index (κ2) is 13.3. The molecule has 11 heteroatoms. The van der Waals surface area contributed by atoms with Crippen LogP contribution >= 0.6 is 0 Å². The van der Waals surface area contributed by atoms with E-state index in [0.29, 0.717) is 0 Å². The number of amides is 2. The second-order valence-electron chi connectivity index (χ2n) is 8.97. The molecule has 3 aromatic carbocycles. The van der Waals surface area contributed by atoms with Crippen LogP contribution in [-0.4, -0.2) is 51.0 Å². The maximum Gasteiger partial charge on any atom is 0.242 e. The van der Waals surface area contributed by atoms with Crippen LogP contribution in [0.5, 0.6) is 0 Å². The average Bonchev–Trinajstić information content (AvgIpc) is 2.90. The molecule has 0 unspecified atom stereocenters. The Bertz CT molecular complexity index is 1400. The number of anilines is 1. The lowest BCUT2D eigenvalue weighted by atomic mass is 10.0. The maximum absolute atomic E-state index is 14.6. The Balaban J connectivity index is 1.86. The first-order valence-corrected chi connectivity index (χ1v) is 14.1. The molecule has 208 valence electrons. The molecule has 0 aliphatic heterocycles. The first kappa shape index (κ1) is 29.7. The molecular formula is C28H30F3N3O4S. The third-order valence-electron chi connectivity index (χ3n) is 6.16. The Morgan fingerprint density at radius 2 is 1.56 bits per heavy atom. The highest BCUT2D eigenvalue weighted by Crippen LogP contribution is 2.22. The predicted molar refractivity (Wildman–Crippen MR) is 143 cm³/mol. The smallest absolute Gasteiger partial charge is 0.242 e. The standard InChI is InChI=1S/C28H30F3N3O4S/c1-32-28(36)26(17-20-9-4-3-5-10-20)33(19-21-11-6-7-12-23(21)29)27(35)13-8-16-34(39(2,37)38)22-14-15-24(30)25(31)18-22/h3-7,9-12,14-15,18,26H,8,13,16-17,19H2,1-2H3,(H,32,36)/t26-/m1/s1.